The maximum atomic E-state index is 9.07. The van der Waals surface area contributed by atoms with Gasteiger partial charge in [0.2, 0.25) is 0 Å². The number of allylic oxidation sites excluding steroid dienone is 1. The standard InChI is InChI=1S/C8H14O/c1-4-5-8(9)6-7(2)3/h4-5,8-9H,2,6H2,1,3H3/b5-4-. The molecule has 1 heteroatoms. The van der Waals surface area contributed by atoms with Crippen LogP contribution in [0.4, 0.5) is 0 Å². The molecule has 0 amide bonds. The lowest BCUT2D eigenvalue weighted by Gasteiger charge is -2.02. The van der Waals surface area contributed by atoms with Crippen molar-refractivity contribution in [3.8, 4) is 0 Å². The molecule has 0 aromatic rings. The van der Waals surface area contributed by atoms with Crippen LogP contribution in [0.25, 0.3) is 0 Å². The number of rotatable bonds is 3. The third-order valence-corrected chi connectivity index (χ3v) is 0.972. The highest BCUT2D eigenvalue weighted by atomic mass is 16.3. The molecule has 1 unspecified atom stereocenters. The van der Waals surface area contributed by atoms with Crippen molar-refractivity contribution >= 4 is 0 Å². The predicted octanol–water partition coefficient (Wildman–Crippen LogP) is 1.89. The van der Waals surface area contributed by atoms with E-state index in [1.54, 1.807) is 6.08 Å². The molecule has 0 aromatic carbocycles. The first kappa shape index (κ1) is 8.44. The van der Waals surface area contributed by atoms with E-state index in [-0.39, 0.29) is 6.10 Å². The third kappa shape index (κ3) is 5.31. The molecular formula is C8H14O. The van der Waals surface area contributed by atoms with Crippen molar-refractivity contribution in [2.75, 3.05) is 0 Å². The van der Waals surface area contributed by atoms with E-state index in [9.17, 15) is 0 Å². The predicted molar refractivity (Wildman–Crippen MR) is 40.3 cm³/mol. The molecule has 0 saturated carbocycles. The lowest BCUT2D eigenvalue weighted by Crippen LogP contribution is -2.00. The maximum absolute atomic E-state index is 9.07. The molecule has 1 nitrogen and oxygen atoms in total. The number of hydrogen-bond donors (Lipinski definition) is 1. The van der Waals surface area contributed by atoms with Crippen LogP contribution in [0.3, 0.4) is 0 Å². The second-order valence-corrected chi connectivity index (χ2v) is 2.25. The molecule has 0 aliphatic heterocycles. The second kappa shape index (κ2) is 4.33. The maximum Gasteiger partial charge on any atom is 0.0757 e. The largest absolute Gasteiger partial charge is 0.389 e. The minimum atomic E-state index is -0.340. The third-order valence-electron chi connectivity index (χ3n) is 0.972. The Morgan fingerprint density at radius 3 is 2.67 bits per heavy atom. The molecule has 0 heterocycles. The summed E-state index contributed by atoms with van der Waals surface area (Å²) in [6, 6.07) is 0. The molecule has 0 fully saturated rings. The zero-order valence-corrected chi connectivity index (χ0v) is 6.09. The Labute approximate surface area is 56.7 Å². The van der Waals surface area contributed by atoms with Gasteiger partial charge in [0.05, 0.1) is 6.10 Å². The highest BCUT2D eigenvalue weighted by Crippen LogP contribution is 2.01. The lowest BCUT2D eigenvalue weighted by atomic mass is 10.1. The fourth-order valence-electron chi connectivity index (χ4n) is 0.647. The van der Waals surface area contributed by atoms with Crippen LogP contribution in [0, 0.1) is 0 Å². The lowest BCUT2D eigenvalue weighted by molar-refractivity contribution is 0.223. The Balaban J connectivity index is 3.50. The highest BCUT2D eigenvalue weighted by Gasteiger charge is 1.95. The molecule has 0 radical (unpaired) electrons. The van der Waals surface area contributed by atoms with E-state index in [1.807, 2.05) is 19.9 Å². The second-order valence-electron chi connectivity index (χ2n) is 2.25. The van der Waals surface area contributed by atoms with Gasteiger partial charge in [0.15, 0.2) is 0 Å². The van der Waals surface area contributed by atoms with Gasteiger partial charge in [-0.2, -0.15) is 0 Å². The van der Waals surface area contributed by atoms with Gasteiger partial charge >= 0.3 is 0 Å². The minimum Gasteiger partial charge on any atom is -0.389 e. The van der Waals surface area contributed by atoms with Gasteiger partial charge in [0.1, 0.15) is 0 Å². The summed E-state index contributed by atoms with van der Waals surface area (Å²) in [4.78, 5) is 0. The van der Waals surface area contributed by atoms with E-state index in [4.69, 9.17) is 5.11 Å². The van der Waals surface area contributed by atoms with Crippen molar-refractivity contribution in [2.24, 2.45) is 0 Å². The summed E-state index contributed by atoms with van der Waals surface area (Å²) in [5.74, 6) is 0. The molecule has 0 spiro atoms. The van der Waals surface area contributed by atoms with Crippen molar-refractivity contribution in [1.82, 2.24) is 0 Å². The Bertz CT molecular complexity index is 114. The van der Waals surface area contributed by atoms with Crippen LogP contribution < -0.4 is 0 Å². The molecule has 1 N–H and O–H groups in total. The van der Waals surface area contributed by atoms with E-state index < -0.39 is 0 Å². The number of aliphatic hydroxyl groups excluding tert-OH is 1. The van der Waals surface area contributed by atoms with E-state index in [0.717, 1.165) is 5.57 Å². The van der Waals surface area contributed by atoms with Crippen molar-refractivity contribution < 1.29 is 5.11 Å². The van der Waals surface area contributed by atoms with Crippen LogP contribution in [0.15, 0.2) is 24.3 Å². The van der Waals surface area contributed by atoms with Crippen molar-refractivity contribution in [3.05, 3.63) is 24.3 Å². The average Bonchev–Trinajstić information content (AvgIpc) is 1.63. The summed E-state index contributed by atoms with van der Waals surface area (Å²) < 4.78 is 0. The molecule has 0 aromatic heterocycles. The summed E-state index contributed by atoms with van der Waals surface area (Å²) in [7, 11) is 0. The smallest absolute Gasteiger partial charge is 0.0757 e. The van der Waals surface area contributed by atoms with Crippen LogP contribution >= 0.6 is 0 Å². The SMILES string of the molecule is C=C(C)CC(O)/C=C\C. The van der Waals surface area contributed by atoms with Crippen molar-refractivity contribution in [2.45, 2.75) is 26.4 Å². The zero-order chi connectivity index (χ0) is 7.28. The molecule has 9 heavy (non-hydrogen) atoms. The first-order valence-electron chi connectivity index (χ1n) is 3.12. The molecule has 0 bridgehead atoms. The molecule has 0 aliphatic carbocycles. The Morgan fingerprint density at radius 1 is 1.78 bits per heavy atom. The molecule has 0 rings (SSSR count). The van der Waals surface area contributed by atoms with Gasteiger partial charge in [-0.25, -0.2) is 0 Å². The Hall–Kier alpha value is -0.560. The van der Waals surface area contributed by atoms with Crippen LogP contribution in [0.5, 0.6) is 0 Å². The van der Waals surface area contributed by atoms with Gasteiger partial charge < -0.3 is 5.11 Å². The van der Waals surface area contributed by atoms with Crippen LogP contribution in [-0.2, 0) is 0 Å². The topological polar surface area (TPSA) is 20.2 Å². The van der Waals surface area contributed by atoms with Crippen LogP contribution in [0.1, 0.15) is 20.3 Å². The van der Waals surface area contributed by atoms with Crippen molar-refractivity contribution in [1.29, 1.82) is 0 Å². The van der Waals surface area contributed by atoms with Gasteiger partial charge in [0.25, 0.3) is 0 Å². The average molecular weight is 126 g/mol. The summed E-state index contributed by atoms with van der Waals surface area (Å²) in [6.45, 7) is 7.48. The molecular weight excluding hydrogens is 112 g/mol. The van der Waals surface area contributed by atoms with E-state index in [2.05, 4.69) is 6.58 Å². The van der Waals surface area contributed by atoms with Crippen molar-refractivity contribution in [3.63, 3.8) is 0 Å². The first-order valence-corrected chi connectivity index (χ1v) is 3.12. The van der Waals surface area contributed by atoms with E-state index >= 15 is 0 Å². The monoisotopic (exact) mass is 126 g/mol. The highest BCUT2D eigenvalue weighted by molar-refractivity contribution is 4.97. The quantitative estimate of drug-likeness (QED) is 0.572. The van der Waals surface area contributed by atoms with Gasteiger partial charge in [-0.05, 0) is 20.3 Å². The van der Waals surface area contributed by atoms with Crippen LogP contribution in [-0.4, -0.2) is 11.2 Å². The Kier molecular flexibility index (Phi) is 4.06. The molecule has 52 valence electrons. The molecule has 0 saturated heterocycles. The summed E-state index contributed by atoms with van der Waals surface area (Å²) in [5, 5.41) is 9.07. The minimum absolute atomic E-state index is 0.340. The molecule has 0 aliphatic rings. The fraction of sp³-hybridized carbons (Fsp3) is 0.500. The molecule has 1 atom stereocenters. The normalized spacial score (nSPS) is 14.1. The van der Waals surface area contributed by atoms with Gasteiger partial charge in [-0.1, -0.05) is 17.7 Å². The summed E-state index contributed by atoms with van der Waals surface area (Å²) in [6.07, 6.45) is 3.93. The van der Waals surface area contributed by atoms with Crippen LogP contribution in [0.2, 0.25) is 0 Å². The van der Waals surface area contributed by atoms with Gasteiger partial charge in [0, 0.05) is 0 Å². The fourth-order valence-corrected chi connectivity index (χ4v) is 0.647. The van der Waals surface area contributed by atoms with Gasteiger partial charge in [-0.3, -0.25) is 0 Å². The zero-order valence-electron chi connectivity index (χ0n) is 6.09. The number of aliphatic hydroxyl groups is 1. The number of hydrogen-bond acceptors (Lipinski definition) is 1. The van der Waals surface area contributed by atoms with E-state index in [0.29, 0.717) is 6.42 Å². The summed E-state index contributed by atoms with van der Waals surface area (Å²) in [5.41, 5.74) is 1.01. The Morgan fingerprint density at radius 2 is 2.33 bits per heavy atom. The summed E-state index contributed by atoms with van der Waals surface area (Å²) >= 11 is 0. The van der Waals surface area contributed by atoms with E-state index in [1.165, 1.54) is 0 Å². The van der Waals surface area contributed by atoms with Gasteiger partial charge in [-0.15, -0.1) is 6.58 Å². The first-order chi connectivity index (χ1) is 4.16.